The van der Waals surface area contributed by atoms with Crippen molar-refractivity contribution >= 4 is 22.8 Å². The molecule has 1 unspecified atom stereocenters. The molecular weight excluding hydrogens is 346 g/mol. The minimum atomic E-state index is -0.881. The highest BCUT2D eigenvalue weighted by molar-refractivity contribution is 5.92. The predicted molar refractivity (Wildman–Crippen MR) is 99.6 cm³/mol. The zero-order valence-corrected chi connectivity index (χ0v) is 15.0. The first-order chi connectivity index (χ1) is 13.1. The van der Waals surface area contributed by atoms with Gasteiger partial charge in [0.2, 0.25) is 0 Å². The van der Waals surface area contributed by atoms with Crippen LogP contribution in [0.4, 0.5) is 0 Å². The molecule has 7 nitrogen and oxygen atoms in total. The fourth-order valence-electron chi connectivity index (χ4n) is 3.85. The maximum absolute atomic E-state index is 12.4. The van der Waals surface area contributed by atoms with Crippen LogP contribution in [0, 0.1) is 6.92 Å². The van der Waals surface area contributed by atoms with E-state index in [4.69, 9.17) is 4.42 Å². The number of amides is 1. The Hall–Kier alpha value is -3.06. The summed E-state index contributed by atoms with van der Waals surface area (Å²) < 4.78 is 5.18. The van der Waals surface area contributed by atoms with E-state index in [9.17, 15) is 14.7 Å². The van der Waals surface area contributed by atoms with Crippen LogP contribution in [-0.2, 0) is 4.79 Å². The molecule has 1 aromatic carbocycles. The van der Waals surface area contributed by atoms with Gasteiger partial charge in [0.15, 0.2) is 5.76 Å². The van der Waals surface area contributed by atoms with E-state index in [-0.39, 0.29) is 5.91 Å². The molecule has 0 aliphatic carbocycles. The average Bonchev–Trinajstić information content (AvgIpc) is 3.30. The first kappa shape index (κ1) is 17.4. The van der Waals surface area contributed by atoms with Gasteiger partial charge in [-0.3, -0.25) is 14.5 Å². The molecule has 1 atom stereocenters. The third kappa shape index (κ3) is 3.10. The van der Waals surface area contributed by atoms with E-state index in [1.807, 2.05) is 36.1 Å². The molecule has 2 aromatic heterocycles. The van der Waals surface area contributed by atoms with Gasteiger partial charge in [-0.2, -0.15) is 0 Å². The van der Waals surface area contributed by atoms with Gasteiger partial charge in [-0.1, -0.05) is 18.2 Å². The molecule has 0 saturated carbocycles. The lowest BCUT2D eigenvalue weighted by Gasteiger charge is -2.37. The Kier molecular flexibility index (Phi) is 4.45. The maximum atomic E-state index is 12.4. The number of fused-ring (bicyclic) bond motifs is 1. The number of aryl methyl sites for hydroxylation is 1. The topological polar surface area (TPSA) is 89.8 Å². The fraction of sp³-hybridized carbons (Fsp3) is 0.300. The van der Waals surface area contributed by atoms with Crippen LogP contribution in [0.2, 0.25) is 0 Å². The first-order valence-electron chi connectivity index (χ1n) is 8.93. The molecule has 1 amide bonds. The summed E-state index contributed by atoms with van der Waals surface area (Å²) >= 11 is 0. The summed E-state index contributed by atoms with van der Waals surface area (Å²) in [6.45, 7) is 3.81. The molecule has 7 heteroatoms. The SMILES string of the molecule is Cc1[nH]c2ccccc2c1C(C(=O)O)N1CCN(C(=O)c2ccco2)CC1. The number of aromatic amines is 1. The predicted octanol–water partition coefficient (Wildman–Crippen LogP) is 2.65. The third-order valence-corrected chi connectivity index (χ3v) is 5.15. The van der Waals surface area contributed by atoms with Crippen molar-refractivity contribution in [2.24, 2.45) is 0 Å². The minimum absolute atomic E-state index is 0.158. The quantitative estimate of drug-likeness (QED) is 0.740. The van der Waals surface area contributed by atoms with Crippen molar-refractivity contribution in [3.8, 4) is 0 Å². The fourth-order valence-corrected chi connectivity index (χ4v) is 3.85. The van der Waals surface area contributed by atoms with Gasteiger partial charge in [0, 0.05) is 48.3 Å². The van der Waals surface area contributed by atoms with Gasteiger partial charge in [0.25, 0.3) is 5.91 Å². The van der Waals surface area contributed by atoms with Crippen LogP contribution in [0.25, 0.3) is 10.9 Å². The van der Waals surface area contributed by atoms with Crippen LogP contribution in [-0.4, -0.2) is 57.9 Å². The molecule has 1 fully saturated rings. The number of carbonyl (C=O) groups excluding carboxylic acids is 1. The van der Waals surface area contributed by atoms with E-state index in [1.165, 1.54) is 6.26 Å². The number of nitrogens with zero attached hydrogens (tertiary/aromatic N) is 2. The van der Waals surface area contributed by atoms with E-state index in [0.29, 0.717) is 31.9 Å². The number of carboxylic acid groups (broad SMARTS) is 1. The number of aliphatic carboxylic acids is 1. The summed E-state index contributed by atoms with van der Waals surface area (Å²) in [5, 5.41) is 10.9. The van der Waals surface area contributed by atoms with Crippen LogP contribution in [0.15, 0.2) is 47.1 Å². The monoisotopic (exact) mass is 367 g/mol. The lowest BCUT2D eigenvalue weighted by molar-refractivity contribution is -0.144. The Morgan fingerprint density at radius 2 is 1.85 bits per heavy atom. The number of hydrogen-bond donors (Lipinski definition) is 2. The minimum Gasteiger partial charge on any atom is -0.480 e. The molecule has 0 bridgehead atoms. The van der Waals surface area contributed by atoms with Crippen molar-refractivity contribution in [1.29, 1.82) is 0 Å². The molecule has 4 rings (SSSR count). The number of furan rings is 1. The van der Waals surface area contributed by atoms with E-state index < -0.39 is 12.0 Å². The highest BCUT2D eigenvalue weighted by atomic mass is 16.4. The Morgan fingerprint density at radius 1 is 1.11 bits per heavy atom. The number of aromatic nitrogens is 1. The molecule has 1 aliphatic rings. The summed E-state index contributed by atoms with van der Waals surface area (Å²) in [7, 11) is 0. The van der Waals surface area contributed by atoms with Gasteiger partial charge < -0.3 is 19.4 Å². The number of H-pyrrole nitrogens is 1. The summed E-state index contributed by atoms with van der Waals surface area (Å²) in [5.41, 5.74) is 2.59. The second-order valence-electron chi connectivity index (χ2n) is 6.76. The molecule has 0 radical (unpaired) electrons. The van der Waals surface area contributed by atoms with Crippen LogP contribution >= 0.6 is 0 Å². The summed E-state index contributed by atoms with van der Waals surface area (Å²) in [6.07, 6.45) is 1.48. The third-order valence-electron chi connectivity index (χ3n) is 5.15. The number of benzene rings is 1. The Bertz CT molecular complexity index is 968. The second-order valence-corrected chi connectivity index (χ2v) is 6.76. The molecular formula is C20H21N3O4. The number of para-hydroxylation sites is 1. The molecule has 27 heavy (non-hydrogen) atoms. The number of hydrogen-bond acceptors (Lipinski definition) is 4. The lowest BCUT2D eigenvalue weighted by atomic mass is 10.0. The number of carboxylic acids is 1. The van der Waals surface area contributed by atoms with E-state index >= 15 is 0 Å². The molecule has 0 spiro atoms. The van der Waals surface area contributed by atoms with Gasteiger partial charge in [0.1, 0.15) is 6.04 Å². The molecule has 140 valence electrons. The van der Waals surface area contributed by atoms with Crippen LogP contribution < -0.4 is 0 Å². The van der Waals surface area contributed by atoms with Gasteiger partial charge in [-0.05, 0) is 25.1 Å². The standard InChI is InChI=1S/C20H21N3O4/c1-13-17(14-5-2-3-6-15(14)21-13)18(20(25)26)22-8-10-23(11-9-22)19(24)16-7-4-12-27-16/h2-7,12,18,21H,8-11H2,1H3,(H,25,26). The summed E-state index contributed by atoms with van der Waals surface area (Å²) in [6, 6.07) is 10.3. The van der Waals surface area contributed by atoms with Crippen LogP contribution in [0.1, 0.15) is 27.9 Å². The molecule has 1 saturated heterocycles. The molecule has 3 heterocycles. The Labute approximate surface area is 156 Å². The van der Waals surface area contributed by atoms with E-state index in [2.05, 4.69) is 4.98 Å². The van der Waals surface area contributed by atoms with Crippen molar-refractivity contribution < 1.29 is 19.1 Å². The van der Waals surface area contributed by atoms with Crippen molar-refractivity contribution in [3.05, 3.63) is 59.7 Å². The Morgan fingerprint density at radius 3 is 2.52 bits per heavy atom. The zero-order chi connectivity index (χ0) is 19.0. The maximum Gasteiger partial charge on any atom is 0.325 e. The highest BCUT2D eigenvalue weighted by Gasteiger charge is 2.34. The zero-order valence-electron chi connectivity index (χ0n) is 15.0. The molecule has 2 N–H and O–H groups in total. The van der Waals surface area contributed by atoms with Crippen molar-refractivity contribution in [2.45, 2.75) is 13.0 Å². The number of nitrogens with one attached hydrogen (secondary N) is 1. The summed E-state index contributed by atoms with van der Waals surface area (Å²) in [4.78, 5) is 31.5. The molecule has 3 aromatic rings. The van der Waals surface area contributed by atoms with Crippen LogP contribution in [0.3, 0.4) is 0 Å². The summed E-state index contributed by atoms with van der Waals surface area (Å²) in [5.74, 6) is -0.728. The van der Waals surface area contributed by atoms with Crippen molar-refractivity contribution in [2.75, 3.05) is 26.2 Å². The first-order valence-corrected chi connectivity index (χ1v) is 8.93. The van der Waals surface area contributed by atoms with Crippen molar-refractivity contribution in [3.63, 3.8) is 0 Å². The molecule has 1 aliphatic heterocycles. The Balaban J connectivity index is 1.57. The number of rotatable bonds is 4. The smallest absolute Gasteiger partial charge is 0.325 e. The van der Waals surface area contributed by atoms with Gasteiger partial charge in [-0.15, -0.1) is 0 Å². The van der Waals surface area contributed by atoms with E-state index in [1.54, 1.807) is 17.0 Å². The highest BCUT2D eigenvalue weighted by Crippen LogP contribution is 2.32. The van der Waals surface area contributed by atoms with E-state index in [0.717, 1.165) is 22.2 Å². The van der Waals surface area contributed by atoms with Gasteiger partial charge >= 0.3 is 5.97 Å². The second kappa shape index (κ2) is 6.92. The largest absolute Gasteiger partial charge is 0.480 e. The lowest BCUT2D eigenvalue weighted by Crippen LogP contribution is -2.51. The van der Waals surface area contributed by atoms with Crippen LogP contribution in [0.5, 0.6) is 0 Å². The normalized spacial score (nSPS) is 16.6. The van der Waals surface area contributed by atoms with Crippen molar-refractivity contribution in [1.82, 2.24) is 14.8 Å². The number of carbonyl (C=O) groups is 2. The number of piperazine rings is 1. The average molecular weight is 367 g/mol. The van der Waals surface area contributed by atoms with Gasteiger partial charge in [0.05, 0.1) is 6.26 Å². The van der Waals surface area contributed by atoms with Gasteiger partial charge in [-0.25, -0.2) is 0 Å².